The highest BCUT2D eigenvalue weighted by molar-refractivity contribution is 5.50. The van der Waals surface area contributed by atoms with Crippen LogP contribution in [-0.4, -0.2) is 12.0 Å². The summed E-state index contributed by atoms with van der Waals surface area (Å²) in [5, 5.41) is 3.18. The molecule has 0 aromatic carbocycles. The number of nitrogens with zero attached hydrogens (tertiary/aromatic N) is 1. The van der Waals surface area contributed by atoms with Crippen molar-refractivity contribution in [3.63, 3.8) is 0 Å². The fraction of sp³-hybridized carbons (Fsp3) is 0.500. The molecule has 0 radical (unpaired) electrons. The third-order valence-electron chi connectivity index (χ3n) is 2.30. The highest BCUT2D eigenvalue weighted by Crippen LogP contribution is 2.42. The standard InChI is InChI=1S/C10H14N2/c1-7-3-6-9(11-2)10(12-7)8-4-5-8/h3,6,8,11H,4-5H2,1-2H3. The van der Waals surface area contributed by atoms with Gasteiger partial charge < -0.3 is 5.32 Å². The quantitative estimate of drug-likeness (QED) is 0.721. The van der Waals surface area contributed by atoms with Gasteiger partial charge in [-0.05, 0) is 31.9 Å². The van der Waals surface area contributed by atoms with E-state index in [-0.39, 0.29) is 0 Å². The molecular weight excluding hydrogens is 148 g/mol. The predicted molar refractivity (Wildman–Crippen MR) is 50.5 cm³/mol. The largest absolute Gasteiger partial charge is 0.387 e. The zero-order valence-corrected chi connectivity index (χ0v) is 7.59. The average molecular weight is 162 g/mol. The molecule has 1 N–H and O–H groups in total. The van der Waals surface area contributed by atoms with E-state index >= 15 is 0 Å². The van der Waals surface area contributed by atoms with Gasteiger partial charge in [0.15, 0.2) is 0 Å². The van der Waals surface area contributed by atoms with Crippen LogP contribution < -0.4 is 5.32 Å². The molecule has 64 valence electrons. The minimum absolute atomic E-state index is 0.729. The molecule has 1 aliphatic rings. The van der Waals surface area contributed by atoms with Gasteiger partial charge in [-0.15, -0.1) is 0 Å². The summed E-state index contributed by atoms with van der Waals surface area (Å²) in [6, 6.07) is 4.17. The molecule has 1 saturated carbocycles. The number of hydrogen-bond donors (Lipinski definition) is 1. The third-order valence-corrected chi connectivity index (χ3v) is 2.30. The van der Waals surface area contributed by atoms with Crippen LogP contribution >= 0.6 is 0 Å². The zero-order valence-electron chi connectivity index (χ0n) is 7.59. The van der Waals surface area contributed by atoms with Gasteiger partial charge in [0.1, 0.15) is 0 Å². The fourth-order valence-electron chi connectivity index (χ4n) is 1.46. The molecule has 1 aromatic rings. The van der Waals surface area contributed by atoms with Crippen molar-refractivity contribution in [3.05, 3.63) is 23.5 Å². The second-order valence-electron chi connectivity index (χ2n) is 3.41. The number of aromatic nitrogens is 1. The zero-order chi connectivity index (χ0) is 8.55. The van der Waals surface area contributed by atoms with Gasteiger partial charge in [-0.3, -0.25) is 4.98 Å². The van der Waals surface area contributed by atoms with Gasteiger partial charge in [-0.2, -0.15) is 0 Å². The number of nitrogens with one attached hydrogen (secondary N) is 1. The first kappa shape index (κ1) is 7.59. The smallest absolute Gasteiger partial charge is 0.0668 e. The van der Waals surface area contributed by atoms with Crippen molar-refractivity contribution >= 4 is 5.69 Å². The van der Waals surface area contributed by atoms with Crippen molar-refractivity contribution in [1.29, 1.82) is 0 Å². The van der Waals surface area contributed by atoms with Gasteiger partial charge in [0.25, 0.3) is 0 Å². The minimum atomic E-state index is 0.729. The molecule has 0 bridgehead atoms. The van der Waals surface area contributed by atoms with Gasteiger partial charge in [-0.25, -0.2) is 0 Å². The van der Waals surface area contributed by atoms with Gasteiger partial charge >= 0.3 is 0 Å². The lowest BCUT2D eigenvalue weighted by molar-refractivity contribution is 0.995. The fourth-order valence-corrected chi connectivity index (χ4v) is 1.46. The van der Waals surface area contributed by atoms with Crippen molar-refractivity contribution in [2.75, 3.05) is 12.4 Å². The molecule has 2 nitrogen and oxygen atoms in total. The summed E-state index contributed by atoms with van der Waals surface area (Å²) in [5.41, 5.74) is 3.58. The van der Waals surface area contributed by atoms with Crippen LogP contribution in [0.4, 0.5) is 5.69 Å². The summed E-state index contributed by atoms with van der Waals surface area (Å²) in [6.07, 6.45) is 2.62. The topological polar surface area (TPSA) is 24.9 Å². The molecule has 2 rings (SSSR count). The van der Waals surface area contributed by atoms with E-state index in [9.17, 15) is 0 Å². The molecule has 0 saturated heterocycles. The lowest BCUT2D eigenvalue weighted by Crippen LogP contribution is -1.98. The highest BCUT2D eigenvalue weighted by Gasteiger charge is 2.27. The first-order valence-electron chi connectivity index (χ1n) is 4.46. The van der Waals surface area contributed by atoms with Gasteiger partial charge in [0, 0.05) is 18.7 Å². The molecule has 0 atom stereocenters. The summed E-state index contributed by atoms with van der Waals surface area (Å²) < 4.78 is 0. The summed E-state index contributed by atoms with van der Waals surface area (Å²) >= 11 is 0. The number of pyridine rings is 1. The molecular formula is C10H14N2. The molecule has 1 fully saturated rings. The Balaban J connectivity index is 2.39. The average Bonchev–Trinajstić information content (AvgIpc) is 2.87. The molecule has 0 aliphatic heterocycles. The molecule has 0 spiro atoms. The van der Waals surface area contributed by atoms with E-state index in [4.69, 9.17) is 0 Å². The van der Waals surface area contributed by atoms with Crippen molar-refractivity contribution in [1.82, 2.24) is 4.98 Å². The Kier molecular flexibility index (Phi) is 1.75. The van der Waals surface area contributed by atoms with E-state index in [0.717, 1.165) is 11.6 Å². The Labute approximate surface area is 73.0 Å². The lowest BCUT2D eigenvalue weighted by Gasteiger charge is -2.07. The Hall–Kier alpha value is -1.05. The molecule has 1 aliphatic carbocycles. The van der Waals surface area contributed by atoms with E-state index in [1.54, 1.807) is 0 Å². The maximum absolute atomic E-state index is 4.54. The monoisotopic (exact) mass is 162 g/mol. The van der Waals surface area contributed by atoms with Crippen molar-refractivity contribution in [2.24, 2.45) is 0 Å². The van der Waals surface area contributed by atoms with E-state index in [1.165, 1.54) is 24.2 Å². The molecule has 1 heterocycles. The Morgan fingerprint density at radius 1 is 1.42 bits per heavy atom. The maximum atomic E-state index is 4.54. The molecule has 12 heavy (non-hydrogen) atoms. The predicted octanol–water partition coefficient (Wildman–Crippen LogP) is 2.31. The number of hydrogen-bond acceptors (Lipinski definition) is 2. The van der Waals surface area contributed by atoms with Crippen LogP contribution in [0.3, 0.4) is 0 Å². The van der Waals surface area contributed by atoms with Gasteiger partial charge in [-0.1, -0.05) is 0 Å². The normalized spacial score (nSPS) is 16.2. The molecule has 2 heteroatoms. The third kappa shape index (κ3) is 1.29. The first-order valence-corrected chi connectivity index (χ1v) is 4.46. The molecule has 0 amide bonds. The maximum Gasteiger partial charge on any atom is 0.0668 e. The highest BCUT2D eigenvalue weighted by atomic mass is 14.9. The molecule has 1 aromatic heterocycles. The Morgan fingerprint density at radius 2 is 2.17 bits per heavy atom. The lowest BCUT2D eigenvalue weighted by atomic mass is 10.2. The van der Waals surface area contributed by atoms with Crippen LogP contribution in [0.5, 0.6) is 0 Å². The summed E-state index contributed by atoms with van der Waals surface area (Å²) in [4.78, 5) is 4.54. The molecule has 0 unspecified atom stereocenters. The second kappa shape index (κ2) is 2.77. The summed E-state index contributed by atoms with van der Waals surface area (Å²) in [7, 11) is 1.96. The Morgan fingerprint density at radius 3 is 2.75 bits per heavy atom. The minimum Gasteiger partial charge on any atom is -0.387 e. The SMILES string of the molecule is CNc1ccc(C)nc1C1CC1. The first-order chi connectivity index (χ1) is 5.81. The second-order valence-corrected chi connectivity index (χ2v) is 3.41. The van der Waals surface area contributed by atoms with Crippen LogP contribution in [0.25, 0.3) is 0 Å². The van der Waals surface area contributed by atoms with E-state index in [0.29, 0.717) is 0 Å². The van der Waals surface area contributed by atoms with E-state index in [1.807, 2.05) is 14.0 Å². The van der Waals surface area contributed by atoms with Crippen LogP contribution in [0, 0.1) is 6.92 Å². The summed E-state index contributed by atoms with van der Waals surface area (Å²) in [6.45, 7) is 2.05. The van der Waals surface area contributed by atoms with Gasteiger partial charge in [0.2, 0.25) is 0 Å². The van der Waals surface area contributed by atoms with Crippen LogP contribution in [0.2, 0.25) is 0 Å². The van der Waals surface area contributed by atoms with Gasteiger partial charge in [0.05, 0.1) is 11.4 Å². The van der Waals surface area contributed by atoms with Crippen molar-refractivity contribution < 1.29 is 0 Å². The van der Waals surface area contributed by atoms with Crippen LogP contribution in [0.1, 0.15) is 30.1 Å². The van der Waals surface area contributed by atoms with Crippen molar-refractivity contribution in [2.45, 2.75) is 25.7 Å². The van der Waals surface area contributed by atoms with E-state index < -0.39 is 0 Å². The van der Waals surface area contributed by atoms with Crippen LogP contribution in [0.15, 0.2) is 12.1 Å². The van der Waals surface area contributed by atoms with Crippen LogP contribution in [-0.2, 0) is 0 Å². The van der Waals surface area contributed by atoms with Crippen molar-refractivity contribution in [3.8, 4) is 0 Å². The number of anilines is 1. The summed E-state index contributed by atoms with van der Waals surface area (Å²) in [5.74, 6) is 0.729. The Bertz CT molecular complexity index is 290. The number of aryl methyl sites for hydroxylation is 1. The van der Waals surface area contributed by atoms with E-state index in [2.05, 4.69) is 22.4 Å². The number of rotatable bonds is 2.